The fraction of sp³-hybridized carbons (Fsp3) is 0.800. The second-order valence-electron chi connectivity index (χ2n) is 3.41. The van der Waals surface area contributed by atoms with Crippen molar-refractivity contribution >= 4 is 0 Å². The van der Waals surface area contributed by atoms with Gasteiger partial charge in [0.15, 0.2) is 0 Å². The lowest BCUT2D eigenvalue weighted by Crippen LogP contribution is -2.42. The highest BCUT2D eigenvalue weighted by Crippen LogP contribution is 2.08. The van der Waals surface area contributed by atoms with Gasteiger partial charge in [0.05, 0.1) is 0 Å². The maximum Gasteiger partial charge on any atom is 0.0134 e. The van der Waals surface area contributed by atoms with Gasteiger partial charge in [-0.05, 0) is 32.5 Å². The van der Waals surface area contributed by atoms with Crippen molar-refractivity contribution in [3.63, 3.8) is 0 Å². The summed E-state index contributed by atoms with van der Waals surface area (Å²) in [6.07, 6.45) is 4.52. The van der Waals surface area contributed by atoms with Gasteiger partial charge in [-0.25, -0.2) is 0 Å². The van der Waals surface area contributed by atoms with E-state index in [4.69, 9.17) is 0 Å². The van der Waals surface area contributed by atoms with E-state index < -0.39 is 0 Å². The molecule has 1 aliphatic rings. The van der Waals surface area contributed by atoms with Gasteiger partial charge in [0.25, 0.3) is 0 Å². The summed E-state index contributed by atoms with van der Waals surface area (Å²) < 4.78 is 0. The van der Waals surface area contributed by atoms with Crippen molar-refractivity contribution in [3.8, 4) is 0 Å². The first-order chi connectivity index (χ1) is 5.86. The first-order valence-corrected chi connectivity index (χ1v) is 4.93. The van der Waals surface area contributed by atoms with E-state index in [1.807, 2.05) is 6.08 Å². The molecule has 0 aromatic heterocycles. The van der Waals surface area contributed by atoms with Crippen LogP contribution in [0.1, 0.15) is 19.8 Å². The molecule has 0 unspecified atom stereocenters. The van der Waals surface area contributed by atoms with Crippen LogP contribution in [-0.4, -0.2) is 37.1 Å². The molecule has 0 atom stereocenters. The Morgan fingerprint density at radius 1 is 1.50 bits per heavy atom. The standard InChI is InChI=1S/C10H20N2/c1-3-7-11-10-5-8-12(4-2)9-6-10/h3,10-11H,1,4-9H2,2H3. The van der Waals surface area contributed by atoms with Gasteiger partial charge in [-0.3, -0.25) is 0 Å². The molecule has 0 saturated carbocycles. The normalized spacial score (nSPS) is 21.1. The monoisotopic (exact) mass is 168 g/mol. The predicted octanol–water partition coefficient (Wildman–Crippen LogP) is 1.25. The molecule has 2 nitrogen and oxygen atoms in total. The molecule has 0 aromatic rings. The molecular weight excluding hydrogens is 148 g/mol. The van der Waals surface area contributed by atoms with Crippen molar-refractivity contribution in [2.24, 2.45) is 0 Å². The molecule has 1 heterocycles. The number of hydrogen-bond donors (Lipinski definition) is 1. The molecule has 70 valence electrons. The predicted molar refractivity (Wildman–Crippen MR) is 53.3 cm³/mol. The van der Waals surface area contributed by atoms with Gasteiger partial charge in [-0.15, -0.1) is 6.58 Å². The summed E-state index contributed by atoms with van der Waals surface area (Å²) in [6, 6.07) is 0.728. The van der Waals surface area contributed by atoms with Crippen LogP contribution in [0.3, 0.4) is 0 Å². The molecule has 0 amide bonds. The Morgan fingerprint density at radius 3 is 2.67 bits per heavy atom. The zero-order chi connectivity index (χ0) is 8.81. The number of nitrogens with one attached hydrogen (secondary N) is 1. The summed E-state index contributed by atoms with van der Waals surface area (Å²) in [4.78, 5) is 2.51. The van der Waals surface area contributed by atoms with E-state index in [1.54, 1.807) is 0 Å². The molecule has 0 aliphatic carbocycles. The van der Waals surface area contributed by atoms with Gasteiger partial charge in [-0.2, -0.15) is 0 Å². The molecule has 0 aromatic carbocycles. The third-order valence-corrected chi connectivity index (χ3v) is 2.59. The number of nitrogens with zero attached hydrogens (tertiary/aromatic N) is 1. The van der Waals surface area contributed by atoms with E-state index in [9.17, 15) is 0 Å². The van der Waals surface area contributed by atoms with Gasteiger partial charge in [0.1, 0.15) is 0 Å². The fourth-order valence-electron chi connectivity index (χ4n) is 1.70. The number of likely N-dealkylation sites (tertiary alicyclic amines) is 1. The lowest BCUT2D eigenvalue weighted by atomic mass is 10.1. The fourth-order valence-corrected chi connectivity index (χ4v) is 1.70. The summed E-state index contributed by atoms with van der Waals surface area (Å²) in [5.41, 5.74) is 0. The molecule has 0 radical (unpaired) electrons. The van der Waals surface area contributed by atoms with Crippen molar-refractivity contribution in [2.75, 3.05) is 26.2 Å². The highest BCUT2D eigenvalue weighted by molar-refractivity contribution is 4.80. The van der Waals surface area contributed by atoms with Crippen LogP contribution in [0.2, 0.25) is 0 Å². The lowest BCUT2D eigenvalue weighted by Gasteiger charge is -2.31. The highest BCUT2D eigenvalue weighted by atomic mass is 15.1. The molecule has 1 saturated heterocycles. The third kappa shape index (κ3) is 2.95. The van der Waals surface area contributed by atoms with Gasteiger partial charge < -0.3 is 10.2 Å². The molecule has 1 N–H and O–H groups in total. The molecule has 1 rings (SSSR count). The third-order valence-electron chi connectivity index (χ3n) is 2.59. The molecule has 1 fully saturated rings. The van der Waals surface area contributed by atoms with Crippen LogP contribution < -0.4 is 5.32 Å². The summed E-state index contributed by atoms with van der Waals surface area (Å²) in [6.45, 7) is 10.6. The molecule has 0 bridgehead atoms. The van der Waals surface area contributed by atoms with Crippen LogP contribution in [0.4, 0.5) is 0 Å². The van der Waals surface area contributed by atoms with Crippen LogP contribution in [0.25, 0.3) is 0 Å². The van der Waals surface area contributed by atoms with Crippen molar-refractivity contribution in [3.05, 3.63) is 12.7 Å². The van der Waals surface area contributed by atoms with Crippen LogP contribution in [0, 0.1) is 0 Å². The van der Waals surface area contributed by atoms with Crippen LogP contribution >= 0.6 is 0 Å². The van der Waals surface area contributed by atoms with Crippen molar-refractivity contribution < 1.29 is 0 Å². The highest BCUT2D eigenvalue weighted by Gasteiger charge is 2.16. The zero-order valence-electron chi connectivity index (χ0n) is 8.05. The minimum atomic E-state index is 0.728. The lowest BCUT2D eigenvalue weighted by molar-refractivity contribution is 0.209. The Bertz CT molecular complexity index is 126. The second-order valence-corrected chi connectivity index (χ2v) is 3.41. The Hall–Kier alpha value is -0.340. The minimum Gasteiger partial charge on any atom is -0.310 e. The largest absolute Gasteiger partial charge is 0.310 e. The molecule has 12 heavy (non-hydrogen) atoms. The number of piperidine rings is 1. The molecule has 0 spiro atoms. The van der Waals surface area contributed by atoms with Gasteiger partial charge in [-0.1, -0.05) is 13.0 Å². The van der Waals surface area contributed by atoms with Gasteiger partial charge in [0, 0.05) is 12.6 Å². The van der Waals surface area contributed by atoms with E-state index in [0.717, 1.165) is 12.6 Å². The van der Waals surface area contributed by atoms with E-state index in [1.165, 1.54) is 32.5 Å². The van der Waals surface area contributed by atoms with Crippen LogP contribution in [-0.2, 0) is 0 Å². The number of hydrogen-bond acceptors (Lipinski definition) is 2. The summed E-state index contributed by atoms with van der Waals surface area (Å²) in [5, 5.41) is 3.47. The Kier molecular flexibility index (Phi) is 4.33. The van der Waals surface area contributed by atoms with E-state index in [-0.39, 0.29) is 0 Å². The Balaban J connectivity index is 2.12. The Labute approximate surface area is 75.6 Å². The van der Waals surface area contributed by atoms with Crippen molar-refractivity contribution in [2.45, 2.75) is 25.8 Å². The average molecular weight is 168 g/mol. The molecular formula is C10H20N2. The summed E-state index contributed by atoms with van der Waals surface area (Å²) in [5.74, 6) is 0. The van der Waals surface area contributed by atoms with Crippen molar-refractivity contribution in [1.29, 1.82) is 0 Å². The zero-order valence-corrected chi connectivity index (χ0v) is 8.05. The minimum absolute atomic E-state index is 0.728. The molecule has 2 heteroatoms. The SMILES string of the molecule is C=CCNC1CCN(CC)CC1. The first kappa shape index (κ1) is 9.75. The van der Waals surface area contributed by atoms with E-state index in [2.05, 4.69) is 23.7 Å². The smallest absolute Gasteiger partial charge is 0.0134 e. The quantitative estimate of drug-likeness (QED) is 0.635. The summed E-state index contributed by atoms with van der Waals surface area (Å²) in [7, 11) is 0. The van der Waals surface area contributed by atoms with Crippen molar-refractivity contribution in [1.82, 2.24) is 10.2 Å². The number of rotatable bonds is 4. The first-order valence-electron chi connectivity index (χ1n) is 4.93. The topological polar surface area (TPSA) is 15.3 Å². The summed E-state index contributed by atoms with van der Waals surface area (Å²) >= 11 is 0. The van der Waals surface area contributed by atoms with E-state index >= 15 is 0 Å². The van der Waals surface area contributed by atoms with Crippen LogP contribution in [0.5, 0.6) is 0 Å². The average Bonchev–Trinajstić information content (AvgIpc) is 2.15. The maximum absolute atomic E-state index is 3.70. The Morgan fingerprint density at radius 2 is 2.17 bits per heavy atom. The van der Waals surface area contributed by atoms with Crippen LogP contribution in [0.15, 0.2) is 12.7 Å². The van der Waals surface area contributed by atoms with Gasteiger partial charge in [0.2, 0.25) is 0 Å². The maximum atomic E-state index is 3.70. The van der Waals surface area contributed by atoms with Gasteiger partial charge >= 0.3 is 0 Å². The second kappa shape index (κ2) is 5.33. The molecule has 1 aliphatic heterocycles. The van der Waals surface area contributed by atoms with E-state index in [0.29, 0.717) is 0 Å².